The van der Waals surface area contributed by atoms with Gasteiger partial charge in [0.1, 0.15) is 0 Å². The average Bonchev–Trinajstić information content (AvgIpc) is 2.63. The van der Waals surface area contributed by atoms with Gasteiger partial charge in [0, 0.05) is 5.41 Å². The van der Waals surface area contributed by atoms with E-state index in [1.165, 1.54) is 16.7 Å². The Morgan fingerprint density at radius 3 is 2.43 bits per heavy atom. The fourth-order valence-electron chi connectivity index (χ4n) is 3.72. The van der Waals surface area contributed by atoms with E-state index in [0.717, 1.165) is 12.0 Å². The number of allylic oxidation sites excluding steroid dienone is 4. The normalized spacial score (nSPS) is 24.3. The highest BCUT2D eigenvalue weighted by Crippen LogP contribution is 2.53. The summed E-state index contributed by atoms with van der Waals surface area (Å²) in [6.07, 6.45) is 7.07. The molecule has 1 aliphatic rings. The molecule has 112 valence electrons. The van der Waals surface area contributed by atoms with Crippen molar-refractivity contribution in [2.24, 2.45) is 0 Å². The monoisotopic (exact) mass is 282 g/mol. The van der Waals surface area contributed by atoms with Gasteiger partial charge in [0.05, 0.1) is 6.61 Å². The molecule has 1 unspecified atom stereocenters. The molecule has 1 aliphatic carbocycles. The molecule has 1 N–H and O–H groups in total. The summed E-state index contributed by atoms with van der Waals surface area (Å²) in [5, 5.41) is 9.14. The van der Waals surface area contributed by atoms with E-state index >= 15 is 0 Å². The Hall–Kier alpha value is -1.60. The van der Waals surface area contributed by atoms with Gasteiger partial charge in [-0.3, -0.25) is 0 Å². The molecule has 1 atom stereocenters. The molecule has 0 saturated heterocycles. The molecule has 0 aromatic heterocycles. The first-order valence-electron chi connectivity index (χ1n) is 7.56. The Morgan fingerprint density at radius 2 is 1.86 bits per heavy atom. The molecule has 1 aromatic carbocycles. The standard InChI is InChI=1S/C20H26O/c1-15(2)13-16(9-8-12-21)20(5)14-19(3,4)17-10-6-7-11-18(17)20/h6-11,13,21H,1,12,14H2,2-5H3/b9-8-,16-13+. The lowest BCUT2D eigenvalue weighted by Gasteiger charge is -2.29. The average molecular weight is 282 g/mol. The molecule has 0 radical (unpaired) electrons. The van der Waals surface area contributed by atoms with Gasteiger partial charge in [0.15, 0.2) is 0 Å². The second kappa shape index (κ2) is 5.65. The third-order valence-electron chi connectivity index (χ3n) is 4.49. The van der Waals surface area contributed by atoms with Crippen LogP contribution in [0, 0.1) is 0 Å². The van der Waals surface area contributed by atoms with Crippen molar-refractivity contribution in [3.8, 4) is 0 Å². The maximum absolute atomic E-state index is 9.14. The number of hydrogen-bond donors (Lipinski definition) is 1. The molecule has 1 aromatic rings. The highest BCUT2D eigenvalue weighted by Gasteiger charge is 2.45. The molecule has 21 heavy (non-hydrogen) atoms. The third kappa shape index (κ3) is 2.89. The van der Waals surface area contributed by atoms with Crippen LogP contribution in [0.5, 0.6) is 0 Å². The first kappa shape index (κ1) is 15.8. The Balaban J connectivity index is 2.60. The summed E-state index contributed by atoms with van der Waals surface area (Å²) in [5.74, 6) is 0. The summed E-state index contributed by atoms with van der Waals surface area (Å²) in [4.78, 5) is 0. The van der Waals surface area contributed by atoms with Gasteiger partial charge in [-0.1, -0.05) is 75.4 Å². The SMILES string of the molecule is C=C(C)/C=C(\C=C/CO)C1(C)CC(C)(C)c2ccccc21. The van der Waals surface area contributed by atoms with E-state index in [1.807, 2.05) is 19.1 Å². The maximum Gasteiger partial charge on any atom is 0.0615 e. The van der Waals surface area contributed by atoms with Crippen LogP contribution in [0.25, 0.3) is 0 Å². The minimum Gasteiger partial charge on any atom is -0.392 e. The summed E-state index contributed by atoms with van der Waals surface area (Å²) in [6, 6.07) is 8.72. The number of aliphatic hydroxyl groups is 1. The van der Waals surface area contributed by atoms with Crippen LogP contribution in [0.15, 0.2) is 60.2 Å². The number of aliphatic hydroxyl groups excluding tert-OH is 1. The smallest absolute Gasteiger partial charge is 0.0615 e. The largest absolute Gasteiger partial charge is 0.392 e. The zero-order valence-corrected chi connectivity index (χ0v) is 13.6. The zero-order valence-electron chi connectivity index (χ0n) is 13.6. The van der Waals surface area contributed by atoms with Crippen molar-refractivity contribution >= 4 is 0 Å². The Bertz CT molecular complexity index is 604. The third-order valence-corrected chi connectivity index (χ3v) is 4.49. The van der Waals surface area contributed by atoms with Gasteiger partial charge in [-0.2, -0.15) is 0 Å². The Morgan fingerprint density at radius 1 is 1.24 bits per heavy atom. The van der Waals surface area contributed by atoms with Gasteiger partial charge >= 0.3 is 0 Å². The summed E-state index contributed by atoms with van der Waals surface area (Å²) >= 11 is 0. The predicted molar refractivity (Wildman–Crippen MR) is 90.6 cm³/mol. The van der Waals surface area contributed by atoms with Crippen LogP contribution < -0.4 is 0 Å². The van der Waals surface area contributed by atoms with E-state index in [9.17, 15) is 0 Å². The molecular formula is C20H26O. The molecule has 0 heterocycles. The van der Waals surface area contributed by atoms with E-state index in [1.54, 1.807) is 0 Å². The fraction of sp³-hybridized carbons (Fsp3) is 0.400. The van der Waals surface area contributed by atoms with Crippen LogP contribution in [0.4, 0.5) is 0 Å². The quantitative estimate of drug-likeness (QED) is 0.795. The van der Waals surface area contributed by atoms with E-state index < -0.39 is 0 Å². The van der Waals surface area contributed by atoms with Crippen molar-refractivity contribution < 1.29 is 5.11 Å². The molecule has 0 spiro atoms. The summed E-state index contributed by atoms with van der Waals surface area (Å²) in [7, 11) is 0. The Kier molecular flexibility index (Phi) is 4.25. The summed E-state index contributed by atoms with van der Waals surface area (Å²) in [6.45, 7) is 13.0. The first-order chi connectivity index (χ1) is 9.81. The first-order valence-corrected chi connectivity index (χ1v) is 7.56. The van der Waals surface area contributed by atoms with Crippen LogP contribution in [0.3, 0.4) is 0 Å². The molecule has 0 saturated carbocycles. The molecule has 2 rings (SSSR count). The van der Waals surface area contributed by atoms with Crippen molar-refractivity contribution in [2.45, 2.75) is 44.9 Å². The minimum atomic E-state index is -0.0370. The Labute approximate surface area is 128 Å². The highest BCUT2D eigenvalue weighted by molar-refractivity contribution is 5.53. The number of fused-ring (bicyclic) bond motifs is 1. The molecule has 0 fully saturated rings. The van der Waals surface area contributed by atoms with Gasteiger partial charge in [-0.15, -0.1) is 0 Å². The van der Waals surface area contributed by atoms with Crippen molar-refractivity contribution in [1.29, 1.82) is 0 Å². The molecular weight excluding hydrogens is 256 g/mol. The van der Waals surface area contributed by atoms with Crippen LogP contribution >= 0.6 is 0 Å². The van der Waals surface area contributed by atoms with Crippen LogP contribution in [0.1, 0.15) is 45.2 Å². The van der Waals surface area contributed by atoms with E-state index in [-0.39, 0.29) is 17.4 Å². The molecule has 1 heteroatoms. The number of hydrogen-bond acceptors (Lipinski definition) is 1. The van der Waals surface area contributed by atoms with Gasteiger partial charge in [-0.25, -0.2) is 0 Å². The molecule has 0 bridgehead atoms. The lowest BCUT2D eigenvalue weighted by Crippen LogP contribution is -2.24. The second-order valence-corrected chi connectivity index (χ2v) is 6.97. The second-order valence-electron chi connectivity index (χ2n) is 6.97. The highest BCUT2D eigenvalue weighted by atomic mass is 16.2. The van der Waals surface area contributed by atoms with Crippen LogP contribution in [0.2, 0.25) is 0 Å². The lowest BCUT2D eigenvalue weighted by atomic mass is 9.74. The van der Waals surface area contributed by atoms with E-state index in [2.05, 4.69) is 57.7 Å². The van der Waals surface area contributed by atoms with Gasteiger partial charge in [0.25, 0.3) is 0 Å². The molecule has 1 nitrogen and oxygen atoms in total. The van der Waals surface area contributed by atoms with Crippen molar-refractivity contribution in [2.75, 3.05) is 6.61 Å². The van der Waals surface area contributed by atoms with Crippen molar-refractivity contribution in [1.82, 2.24) is 0 Å². The van der Waals surface area contributed by atoms with Gasteiger partial charge < -0.3 is 5.11 Å². The van der Waals surface area contributed by atoms with Crippen molar-refractivity contribution in [3.63, 3.8) is 0 Å². The topological polar surface area (TPSA) is 20.2 Å². The number of rotatable bonds is 4. The molecule has 0 aliphatic heterocycles. The van der Waals surface area contributed by atoms with E-state index in [0.29, 0.717) is 0 Å². The van der Waals surface area contributed by atoms with Crippen molar-refractivity contribution in [3.05, 3.63) is 71.3 Å². The van der Waals surface area contributed by atoms with E-state index in [4.69, 9.17) is 5.11 Å². The maximum atomic E-state index is 9.14. The predicted octanol–water partition coefficient (Wildman–Crippen LogP) is 4.68. The summed E-state index contributed by atoms with van der Waals surface area (Å²) in [5.41, 5.74) is 5.21. The summed E-state index contributed by atoms with van der Waals surface area (Å²) < 4.78 is 0. The number of benzene rings is 1. The van der Waals surface area contributed by atoms with Crippen LogP contribution in [-0.4, -0.2) is 11.7 Å². The zero-order chi connectivity index (χ0) is 15.7. The fourth-order valence-corrected chi connectivity index (χ4v) is 3.72. The van der Waals surface area contributed by atoms with Gasteiger partial charge in [0.2, 0.25) is 0 Å². The lowest BCUT2D eigenvalue weighted by molar-refractivity contribution is 0.342. The molecule has 0 amide bonds. The minimum absolute atomic E-state index is 0.0370. The van der Waals surface area contributed by atoms with Crippen LogP contribution in [-0.2, 0) is 10.8 Å². The van der Waals surface area contributed by atoms with Gasteiger partial charge in [-0.05, 0) is 35.5 Å².